The lowest BCUT2D eigenvalue weighted by Crippen LogP contribution is -2.21. The Kier molecular flexibility index (Phi) is 5.18. The molecule has 2 heterocycles. The Hall–Kier alpha value is -3.59. The van der Waals surface area contributed by atoms with Gasteiger partial charge in [0, 0.05) is 30.5 Å². The maximum absolute atomic E-state index is 12.8. The molecule has 160 valence electrons. The highest BCUT2D eigenvalue weighted by Gasteiger charge is 2.28. The zero-order valence-corrected chi connectivity index (χ0v) is 18.1. The molecule has 8 nitrogen and oxygen atoms in total. The summed E-state index contributed by atoms with van der Waals surface area (Å²) in [6, 6.07) is 14.8. The van der Waals surface area contributed by atoms with Crippen LogP contribution in [0.5, 0.6) is 0 Å². The zero-order valence-electron chi connectivity index (χ0n) is 17.3. The van der Waals surface area contributed by atoms with E-state index in [1.165, 1.54) is 23.4 Å². The van der Waals surface area contributed by atoms with Crippen LogP contribution in [0.2, 0.25) is 0 Å². The van der Waals surface area contributed by atoms with Crippen LogP contribution in [0.25, 0.3) is 5.78 Å². The van der Waals surface area contributed by atoms with Crippen molar-refractivity contribution in [2.24, 2.45) is 0 Å². The molecule has 0 unspecified atom stereocenters. The Morgan fingerprint density at radius 2 is 2.00 bits per heavy atom. The number of non-ortho nitro benzene ring substituents is 1. The predicted molar refractivity (Wildman–Crippen MR) is 120 cm³/mol. The molecule has 1 atom stereocenters. The first-order valence-corrected chi connectivity index (χ1v) is 11.2. The fraction of sp³-hybridized carbons (Fsp3) is 0.217. The van der Waals surface area contributed by atoms with Gasteiger partial charge in [0.2, 0.25) is 5.16 Å². The van der Waals surface area contributed by atoms with Crippen molar-refractivity contribution in [3.63, 3.8) is 0 Å². The molecule has 0 bridgehead atoms. The minimum atomic E-state index is -0.410. The van der Waals surface area contributed by atoms with Crippen molar-refractivity contribution in [1.29, 1.82) is 0 Å². The molecular formula is C23H19N5O3S. The lowest BCUT2D eigenvalue weighted by Gasteiger charge is -2.23. The van der Waals surface area contributed by atoms with E-state index in [4.69, 9.17) is 0 Å². The summed E-state index contributed by atoms with van der Waals surface area (Å²) in [5, 5.41) is 15.9. The summed E-state index contributed by atoms with van der Waals surface area (Å²) in [7, 11) is 0. The highest BCUT2D eigenvalue weighted by molar-refractivity contribution is 7.98. The Morgan fingerprint density at radius 1 is 1.16 bits per heavy atom. The van der Waals surface area contributed by atoms with Crippen molar-refractivity contribution in [2.75, 3.05) is 0 Å². The normalized spacial score (nSPS) is 15.7. The van der Waals surface area contributed by atoms with Crippen LogP contribution in [0.15, 0.2) is 59.9 Å². The molecule has 0 fully saturated rings. The fourth-order valence-electron chi connectivity index (χ4n) is 3.99. The van der Waals surface area contributed by atoms with Gasteiger partial charge in [-0.2, -0.15) is 4.98 Å². The number of rotatable bonds is 5. The number of aryl methyl sites for hydroxylation is 1. The van der Waals surface area contributed by atoms with Crippen LogP contribution in [-0.4, -0.2) is 30.3 Å². The zero-order chi connectivity index (χ0) is 22.2. The van der Waals surface area contributed by atoms with Crippen molar-refractivity contribution in [3.05, 3.63) is 92.8 Å². The van der Waals surface area contributed by atoms with Crippen molar-refractivity contribution in [1.82, 2.24) is 19.6 Å². The number of fused-ring (bicyclic) bond motifs is 2. The number of aromatic nitrogens is 4. The standard InChI is InChI=1S/C23H19N5O3S/c1-14-4-2-6-16(8-14)17-10-20-19(21(29)11-17)12-27-22(24-20)25-23(26-27)32-13-15-5-3-7-18(9-15)28(30)31/h2-9,12,17H,10-11,13H2,1H3/t17-/m1/s1. The molecule has 32 heavy (non-hydrogen) atoms. The first kappa shape index (κ1) is 20.3. The van der Waals surface area contributed by atoms with Crippen LogP contribution in [0, 0.1) is 17.0 Å². The Bertz CT molecular complexity index is 1370. The van der Waals surface area contributed by atoms with Gasteiger partial charge >= 0.3 is 0 Å². The average molecular weight is 446 g/mol. The lowest BCUT2D eigenvalue weighted by atomic mass is 9.82. The van der Waals surface area contributed by atoms with E-state index in [2.05, 4.69) is 27.2 Å². The monoisotopic (exact) mass is 445 g/mol. The summed E-state index contributed by atoms with van der Waals surface area (Å²) in [6.45, 7) is 2.05. The van der Waals surface area contributed by atoms with Crippen LogP contribution in [0.3, 0.4) is 0 Å². The van der Waals surface area contributed by atoms with Crippen molar-refractivity contribution in [2.45, 2.75) is 36.6 Å². The summed E-state index contributed by atoms with van der Waals surface area (Å²) in [6.07, 6.45) is 2.85. The minimum Gasteiger partial charge on any atom is -0.294 e. The van der Waals surface area contributed by atoms with Gasteiger partial charge < -0.3 is 0 Å². The number of nitrogens with zero attached hydrogens (tertiary/aromatic N) is 5. The second-order valence-electron chi connectivity index (χ2n) is 7.90. The van der Waals surface area contributed by atoms with Crippen LogP contribution in [0.1, 0.15) is 45.1 Å². The molecule has 1 aliphatic rings. The van der Waals surface area contributed by atoms with Gasteiger partial charge in [-0.15, -0.1) is 5.10 Å². The van der Waals surface area contributed by atoms with Gasteiger partial charge in [0.05, 0.1) is 16.2 Å². The molecule has 2 aromatic heterocycles. The predicted octanol–water partition coefficient (Wildman–Crippen LogP) is 4.55. The number of benzene rings is 2. The summed E-state index contributed by atoms with van der Waals surface area (Å²) >= 11 is 1.37. The van der Waals surface area contributed by atoms with E-state index in [0.29, 0.717) is 35.1 Å². The molecule has 0 saturated heterocycles. The number of hydrogen-bond donors (Lipinski definition) is 0. The third-order valence-corrected chi connectivity index (χ3v) is 6.47. The molecule has 0 amide bonds. The number of carbonyl (C=O) groups is 1. The van der Waals surface area contributed by atoms with Crippen molar-refractivity contribution in [3.8, 4) is 0 Å². The Labute approximate surface area is 187 Å². The molecule has 0 N–H and O–H groups in total. The Morgan fingerprint density at radius 3 is 2.81 bits per heavy atom. The molecule has 1 aliphatic carbocycles. The summed E-state index contributed by atoms with van der Waals surface area (Å²) < 4.78 is 1.54. The van der Waals surface area contributed by atoms with E-state index in [0.717, 1.165) is 16.8 Å². The lowest BCUT2D eigenvalue weighted by molar-refractivity contribution is -0.384. The SMILES string of the molecule is Cc1cccc([C@H]2CC(=O)c3cn4nc(SCc5cccc([N+](=O)[O-])c5)nc4nc3C2)c1. The number of Topliss-reactive ketones (excluding diaryl/α,β-unsaturated/α-hetero) is 1. The third-order valence-electron chi connectivity index (χ3n) is 5.57. The highest BCUT2D eigenvalue weighted by atomic mass is 32.2. The number of nitro benzene ring substituents is 1. The van der Waals surface area contributed by atoms with Crippen LogP contribution >= 0.6 is 11.8 Å². The molecule has 0 saturated carbocycles. The number of ketones is 1. The highest BCUT2D eigenvalue weighted by Crippen LogP contribution is 2.32. The molecular weight excluding hydrogens is 426 g/mol. The molecule has 4 aromatic rings. The van der Waals surface area contributed by atoms with E-state index in [-0.39, 0.29) is 17.4 Å². The second kappa shape index (κ2) is 8.16. The van der Waals surface area contributed by atoms with Gasteiger partial charge in [0.1, 0.15) is 0 Å². The number of nitro groups is 1. The van der Waals surface area contributed by atoms with Gasteiger partial charge in [-0.05, 0) is 30.4 Å². The van der Waals surface area contributed by atoms with Crippen LogP contribution < -0.4 is 0 Å². The topological polar surface area (TPSA) is 103 Å². The number of thioether (sulfide) groups is 1. The quantitative estimate of drug-likeness (QED) is 0.252. The third kappa shape index (κ3) is 3.99. The van der Waals surface area contributed by atoms with Crippen molar-refractivity contribution < 1.29 is 9.72 Å². The van der Waals surface area contributed by atoms with Gasteiger partial charge in [0.25, 0.3) is 11.5 Å². The summed E-state index contributed by atoms with van der Waals surface area (Å²) in [5.41, 5.74) is 4.55. The second-order valence-corrected chi connectivity index (χ2v) is 8.84. The summed E-state index contributed by atoms with van der Waals surface area (Å²) in [4.78, 5) is 32.5. The first-order chi connectivity index (χ1) is 15.5. The van der Waals surface area contributed by atoms with E-state index < -0.39 is 4.92 Å². The smallest absolute Gasteiger partial charge is 0.269 e. The van der Waals surface area contributed by atoms with E-state index in [1.807, 2.05) is 25.1 Å². The number of hydrogen-bond acceptors (Lipinski definition) is 7. The molecule has 9 heteroatoms. The molecule has 2 aromatic carbocycles. The van der Waals surface area contributed by atoms with Gasteiger partial charge in [-0.3, -0.25) is 14.9 Å². The molecule has 0 spiro atoms. The van der Waals surface area contributed by atoms with Gasteiger partial charge in [0.15, 0.2) is 5.78 Å². The van der Waals surface area contributed by atoms with Gasteiger partial charge in [-0.1, -0.05) is 53.7 Å². The molecule has 5 rings (SSSR count). The average Bonchev–Trinajstić information content (AvgIpc) is 3.18. The fourth-order valence-corrected chi connectivity index (χ4v) is 4.76. The van der Waals surface area contributed by atoms with Crippen LogP contribution in [-0.2, 0) is 12.2 Å². The maximum Gasteiger partial charge on any atom is 0.269 e. The van der Waals surface area contributed by atoms with Crippen molar-refractivity contribution >= 4 is 29.0 Å². The molecule has 0 radical (unpaired) electrons. The van der Waals surface area contributed by atoms with E-state index in [1.54, 1.807) is 22.8 Å². The van der Waals surface area contributed by atoms with Crippen LogP contribution in [0.4, 0.5) is 5.69 Å². The van der Waals surface area contributed by atoms with E-state index >= 15 is 0 Å². The summed E-state index contributed by atoms with van der Waals surface area (Å²) in [5.74, 6) is 1.11. The number of carbonyl (C=O) groups excluding carboxylic acids is 1. The maximum atomic E-state index is 12.8. The molecule has 0 aliphatic heterocycles. The first-order valence-electron chi connectivity index (χ1n) is 10.2. The van der Waals surface area contributed by atoms with Gasteiger partial charge in [-0.25, -0.2) is 9.50 Å². The minimum absolute atomic E-state index is 0.0575. The largest absolute Gasteiger partial charge is 0.294 e. The Balaban J connectivity index is 1.38. The van der Waals surface area contributed by atoms with E-state index in [9.17, 15) is 14.9 Å².